The Balaban J connectivity index is 0.00000312. The molecule has 25 heavy (non-hydrogen) atoms. The van der Waals surface area contributed by atoms with Crippen LogP contribution in [0.5, 0.6) is 5.75 Å². The molecule has 0 aromatic heterocycles. The van der Waals surface area contributed by atoms with Gasteiger partial charge >= 0.3 is 0 Å². The molecule has 6 heteroatoms. The molecule has 2 N–H and O–H groups in total. The van der Waals surface area contributed by atoms with Crippen molar-refractivity contribution in [3.63, 3.8) is 0 Å². The number of ether oxygens (including phenoxy) is 2. The van der Waals surface area contributed by atoms with Crippen molar-refractivity contribution in [3.05, 3.63) is 24.3 Å². The number of carbonyl (C=O) groups excluding carboxylic acids is 1. The Morgan fingerprint density at radius 1 is 1.24 bits per heavy atom. The number of carbonyl (C=O) groups is 1. The quantitative estimate of drug-likeness (QED) is 0.735. The maximum absolute atomic E-state index is 12.8. The van der Waals surface area contributed by atoms with E-state index in [1.165, 1.54) is 0 Å². The van der Waals surface area contributed by atoms with E-state index in [1.807, 2.05) is 24.3 Å². The SMILES string of the molecule is COCC1(C(=O)Nc2ccc(OCCC(C)C)cc2)CCNCC1.Cl. The summed E-state index contributed by atoms with van der Waals surface area (Å²) in [5, 5.41) is 6.34. The monoisotopic (exact) mass is 370 g/mol. The Hall–Kier alpha value is -1.30. The van der Waals surface area contributed by atoms with Gasteiger partial charge in [0.25, 0.3) is 0 Å². The van der Waals surface area contributed by atoms with Crippen LogP contribution in [0.15, 0.2) is 24.3 Å². The van der Waals surface area contributed by atoms with Gasteiger partial charge < -0.3 is 20.1 Å². The average Bonchev–Trinajstić information content (AvgIpc) is 2.57. The first kappa shape index (κ1) is 21.7. The van der Waals surface area contributed by atoms with Gasteiger partial charge in [0.2, 0.25) is 5.91 Å². The minimum atomic E-state index is -0.438. The molecule has 0 atom stereocenters. The molecule has 0 bridgehead atoms. The van der Waals surface area contributed by atoms with Gasteiger partial charge in [-0.15, -0.1) is 12.4 Å². The molecule has 0 unspecified atom stereocenters. The van der Waals surface area contributed by atoms with Gasteiger partial charge in [-0.2, -0.15) is 0 Å². The summed E-state index contributed by atoms with van der Waals surface area (Å²) in [5.41, 5.74) is 0.358. The predicted octanol–water partition coefficient (Wildman–Crippen LogP) is 3.49. The van der Waals surface area contributed by atoms with Crippen molar-refractivity contribution in [2.24, 2.45) is 11.3 Å². The zero-order valence-electron chi connectivity index (χ0n) is 15.5. The minimum Gasteiger partial charge on any atom is -0.494 e. The zero-order valence-corrected chi connectivity index (χ0v) is 16.3. The Morgan fingerprint density at radius 3 is 2.44 bits per heavy atom. The van der Waals surface area contributed by atoms with E-state index in [0.717, 1.165) is 43.8 Å². The van der Waals surface area contributed by atoms with Crippen LogP contribution in [0.2, 0.25) is 0 Å². The van der Waals surface area contributed by atoms with Gasteiger partial charge in [0, 0.05) is 12.8 Å². The largest absolute Gasteiger partial charge is 0.494 e. The molecule has 1 aromatic rings. The molecule has 0 aliphatic carbocycles. The third-order valence-corrected chi connectivity index (χ3v) is 4.54. The molecule has 1 aromatic carbocycles. The van der Waals surface area contributed by atoms with Crippen molar-refractivity contribution in [3.8, 4) is 5.75 Å². The lowest BCUT2D eigenvalue weighted by atomic mass is 9.78. The summed E-state index contributed by atoms with van der Waals surface area (Å²) in [5.74, 6) is 1.51. The van der Waals surface area contributed by atoms with Crippen LogP contribution in [0.25, 0.3) is 0 Å². The lowest BCUT2D eigenvalue weighted by Gasteiger charge is -2.35. The van der Waals surface area contributed by atoms with Crippen LogP contribution in [0, 0.1) is 11.3 Å². The molecule has 0 radical (unpaired) electrons. The van der Waals surface area contributed by atoms with E-state index in [9.17, 15) is 4.79 Å². The number of rotatable bonds is 8. The molecule has 1 aliphatic rings. The van der Waals surface area contributed by atoms with Gasteiger partial charge in [-0.1, -0.05) is 13.8 Å². The van der Waals surface area contributed by atoms with Crippen LogP contribution >= 0.6 is 12.4 Å². The third kappa shape index (κ3) is 6.49. The maximum Gasteiger partial charge on any atom is 0.233 e. The first-order valence-electron chi connectivity index (χ1n) is 8.80. The minimum absolute atomic E-state index is 0. The Bertz CT molecular complexity index is 508. The van der Waals surface area contributed by atoms with E-state index < -0.39 is 5.41 Å². The number of anilines is 1. The number of hydrogen-bond acceptors (Lipinski definition) is 4. The molecule has 1 heterocycles. The second-order valence-electron chi connectivity index (χ2n) is 6.97. The van der Waals surface area contributed by atoms with Crippen molar-refractivity contribution in [2.75, 3.05) is 38.7 Å². The van der Waals surface area contributed by atoms with Gasteiger partial charge in [0.15, 0.2) is 0 Å². The average molecular weight is 371 g/mol. The fourth-order valence-electron chi connectivity index (χ4n) is 2.93. The molecule has 2 rings (SSSR count). The van der Waals surface area contributed by atoms with E-state index in [2.05, 4.69) is 24.5 Å². The molecular formula is C19H31ClN2O3. The molecule has 1 aliphatic heterocycles. The molecule has 142 valence electrons. The van der Waals surface area contributed by atoms with E-state index in [4.69, 9.17) is 9.47 Å². The molecule has 1 saturated heterocycles. The van der Waals surface area contributed by atoms with Crippen LogP contribution < -0.4 is 15.4 Å². The van der Waals surface area contributed by atoms with Crippen molar-refractivity contribution >= 4 is 24.0 Å². The van der Waals surface area contributed by atoms with Crippen molar-refractivity contribution in [2.45, 2.75) is 33.1 Å². The topological polar surface area (TPSA) is 59.6 Å². The second-order valence-corrected chi connectivity index (χ2v) is 6.97. The molecule has 5 nitrogen and oxygen atoms in total. The highest BCUT2D eigenvalue weighted by Gasteiger charge is 2.39. The Morgan fingerprint density at radius 2 is 1.88 bits per heavy atom. The number of halogens is 1. The number of nitrogens with one attached hydrogen (secondary N) is 2. The van der Waals surface area contributed by atoms with Gasteiger partial charge in [-0.25, -0.2) is 0 Å². The number of hydrogen-bond donors (Lipinski definition) is 2. The lowest BCUT2D eigenvalue weighted by Crippen LogP contribution is -2.47. The molecule has 1 fully saturated rings. The summed E-state index contributed by atoms with van der Waals surface area (Å²) in [6.07, 6.45) is 2.62. The standard InChI is InChI=1S/C19H30N2O3.ClH/c1-15(2)8-13-24-17-6-4-16(5-7-17)21-18(22)19(14-23-3)9-11-20-12-10-19;/h4-7,15,20H,8-14H2,1-3H3,(H,21,22);1H. The van der Waals surface area contributed by atoms with Crippen LogP contribution in [0.4, 0.5) is 5.69 Å². The first-order chi connectivity index (χ1) is 11.6. The van der Waals surface area contributed by atoms with E-state index in [1.54, 1.807) is 7.11 Å². The lowest BCUT2D eigenvalue weighted by molar-refractivity contribution is -0.130. The number of benzene rings is 1. The third-order valence-electron chi connectivity index (χ3n) is 4.54. The fraction of sp³-hybridized carbons (Fsp3) is 0.632. The summed E-state index contributed by atoms with van der Waals surface area (Å²) in [4.78, 5) is 12.8. The number of methoxy groups -OCH3 is 1. The fourth-order valence-corrected chi connectivity index (χ4v) is 2.93. The first-order valence-corrected chi connectivity index (χ1v) is 8.80. The smallest absolute Gasteiger partial charge is 0.233 e. The molecule has 0 saturated carbocycles. The molecular weight excluding hydrogens is 340 g/mol. The second kappa shape index (κ2) is 10.6. The highest BCUT2D eigenvalue weighted by Crippen LogP contribution is 2.31. The highest BCUT2D eigenvalue weighted by molar-refractivity contribution is 5.95. The summed E-state index contributed by atoms with van der Waals surface area (Å²) in [7, 11) is 1.65. The van der Waals surface area contributed by atoms with Crippen LogP contribution in [-0.2, 0) is 9.53 Å². The van der Waals surface area contributed by atoms with Gasteiger partial charge in [0.05, 0.1) is 18.6 Å². The van der Waals surface area contributed by atoms with Gasteiger partial charge in [-0.3, -0.25) is 4.79 Å². The van der Waals surface area contributed by atoms with Crippen LogP contribution in [0.1, 0.15) is 33.1 Å². The number of amides is 1. The molecule has 0 spiro atoms. The normalized spacial score (nSPS) is 16.2. The van der Waals surface area contributed by atoms with E-state index in [0.29, 0.717) is 19.1 Å². The van der Waals surface area contributed by atoms with Crippen LogP contribution in [0.3, 0.4) is 0 Å². The predicted molar refractivity (Wildman–Crippen MR) is 104 cm³/mol. The van der Waals surface area contributed by atoms with Gasteiger partial charge in [0.1, 0.15) is 5.75 Å². The number of piperidine rings is 1. The summed E-state index contributed by atoms with van der Waals surface area (Å²) >= 11 is 0. The summed E-state index contributed by atoms with van der Waals surface area (Å²) in [6, 6.07) is 7.59. The van der Waals surface area contributed by atoms with E-state index >= 15 is 0 Å². The Labute approximate surface area is 157 Å². The maximum atomic E-state index is 12.8. The Kier molecular flexibility index (Phi) is 9.25. The highest BCUT2D eigenvalue weighted by atomic mass is 35.5. The summed E-state index contributed by atoms with van der Waals surface area (Å²) in [6.45, 7) is 7.22. The zero-order chi connectivity index (χ0) is 17.4. The molecule has 1 amide bonds. The van der Waals surface area contributed by atoms with Gasteiger partial charge in [-0.05, 0) is 62.5 Å². The van der Waals surface area contributed by atoms with Crippen LogP contribution in [-0.4, -0.2) is 39.3 Å². The summed E-state index contributed by atoms with van der Waals surface area (Å²) < 4.78 is 11.0. The van der Waals surface area contributed by atoms with Crippen molar-refractivity contribution in [1.82, 2.24) is 5.32 Å². The van der Waals surface area contributed by atoms with Crippen molar-refractivity contribution in [1.29, 1.82) is 0 Å². The van der Waals surface area contributed by atoms with E-state index in [-0.39, 0.29) is 18.3 Å². The van der Waals surface area contributed by atoms with Crippen molar-refractivity contribution < 1.29 is 14.3 Å².